The van der Waals surface area contributed by atoms with Gasteiger partial charge in [-0.15, -0.1) is 24.0 Å². The Morgan fingerprint density at radius 1 is 1.15 bits per heavy atom. The first kappa shape index (κ1) is 23.2. The molecule has 0 amide bonds. The summed E-state index contributed by atoms with van der Waals surface area (Å²) >= 11 is 0. The second kappa shape index (κ2) is 11.8. The molecule has 0 saturated carbocycles. The summed E-state index contributed by atoms with van der Waals surface area (Å²) in [5, 5.41) is 3.22. The smallest absolute Gasteiger partial charge is 0.193 e. The molecular weight excluding hydrogens is 437 g/mol. The summed E-state index contributed by atoms with van der Waals surface area (Å²) in [6.45, 7) is 16.6. The van der Waals surface area contributed by atoms with Crippen molar-refractivity contribution in [3.05, 3.63) is 29.8 Å². The number of nitrogens with zero attached hydrogens (tertiary/aromatic N) is 3. The zero-order valence-corrected chi connectivity index (χ0v) is 19.1. The average Bonchev–Trinajstić information content (AvgIpc) is 2.61. The molecular formula is C20H36IN5. The number of likely N-dealkylation sites (N-methyl/N-ethyl adjacent to an activating group) is 1. The van der Waals surface area contributed by atoms with Crippen LogP contribution in [0.5, 0.6) is 0 Å². The fraction of sp³-hybridized carbons (Fsp3) is 0.650. The third-order valence-corrected chi connectivity index (χ3v) is 4.88. The molecule has 1 aliphatic heterocycles. The number of benzene rings is 1. The van der Waals surface area contributed by atoms with E-state index in [1.165, 1.54) is 18.7 Å². The van der Waals surface area contributed by atoms with Crippen molar-refractivity contribution in [3.8, 4) is 0 Å². The third-order valence-electron chi connectivity index (χ3n) is 4.88. The van der Waals surface area contributed by atoms with E-state index < -0.39 is 0 Å². The summed E-state index contributed by atoms with van der Waals surface area (Å²) in [5.41, 5.74) is 8.38. The Labute approximate surface area is 176 Å². The molecule has 0 aliphatic carbocycles. The highest BCUT2D eigenvalue weighted by atomic mass is 127. The number of guanidine groups is 1. The molecule has 0 radical (unpaired) electrons. The van der Waals surface area contributed by atoms with Crippen LogP contribution in [0.3, 0.4) is 0 Å². The van der Waals surface area contributed by atoms with Crippen molar-refractivity contribution in [2.24, 2.45) is 16.6 Å². The number of aliphatic imine (C=N–C) groups is 1. The lowest BCUT2D eigenvalue weighted by Gasteiger charge is -2.35. The van der Waals surface area contributed by atoms with Crippen LogP contribution in [0.4, 0.5) is 5.69 Å². The van der Waals surface area contributed by atoms with E-state index in [4.69, 9.17) is 5.73 Å². The fourth-order valence-corrected chi connectivity index (χ4v) is 3.20. The van der Waals surface area contributed by atoms with Gasteiger partial charge in [0.05, 0.1) is 0 Å². The van der Waals surface area contributed by atoms with Crippen LogP contribution in [0.25, 0.3) is 0 Å². The summed E-state index contributed by atoms with van der Waals surface area (Å²) in [5.74, 6) is 1.52. The van der Waals surface area contributed by atoms with Crippen LogP contribution in [0, 0.1) is 5.92 Å². The van der Waals surface area contributed by atoms with Crippen molar-refractivity contribution in [2.75, 3.05) is 51.1 Å². The lowest BCUT2D eigenvalue weighted by atomic mass is 10.0. The number of piperazine rings is 1. The van der Waals surface area contributed by atoms with Crippen LogP contribution in [0.1, 0.15) is 39.2 Å². The van der Waals surface area contributed by atoms with Crippen molar-refractivity contribution < 1.29 is 0 Å². The van der Waals surface area contributed by atoms with Gasteiger partial charge in [-0.25, -0.2) is 0 Å². The topological polar surface area (TPSA) is 56.9 Å². The third kappa shape index (κ3) is 7.80. The van der Waals surface area contributed by atoms with Gasteiger partial charge in [0, 0.05) is 45.0 Å². The monoisotopic (exact) mass is 473 g/mol. The van der Waals surface area contributed by atoms with Gasteiger partial charge in [-0.05, 0) is 36.1 Å². The Kier molecular flexibility index (Phi) is 10.5. The number of rotatable bonds is 7. The van der Waals surface area contributed by atoms with E-state index in [9.17, 15) is 0 Å². The Hall–Kier alpha value is -0.860. The minimum Gasteiger partial charge on any atom is -0.370 e. The zero-order valence-electron chi connectivity index (χ0n) is 16.7. The molecule has 1 saturated heterocycles. The molecule has 0 aromatic heterocycles. The molecule has 1 unspecified atom stereocenters. The number of hydrogen-bond acceptors (Lipinski definition) is 3. The van der Waals surface area contributed by atoms with Crippen molar-refractivity contribution >= 4 is 35.6 Å². The van der Waals surface area contributed by atoms with Crippen molar-refractivity contribution in [1.29, 1.82) is 0 Å². The SMILES string of the molecule is CCN1CCN(CC(C)CN=C(N)Nc2cccc(C(C)C)c2)CC1.I. The standard InChI is InChI=1S/C20H35N5.HI/c1-5-24-9-11-25(12-10-24)15-17(4)14-22-20(21)23-19-8-6-7-18(13-19)16(2)3;/h6-8,13,16-17H,5,9-12,14-15H2,1-4H3,(H3,21,22,23);1H. The molecule has 1 atom stereocenters. The Morgan fingerprint density at radius 3 is 2.42 bits per heavy atom. The second-order valence-electron chi connectivity index (χ2n) is 7.47. The van der Waals surface area contributed by atoms with E-state index in [-0.39, 0.29) is 24.0 Å². The van der Waals surface area contributed by atoms with Crippen LogP contribution < -0.4 is 11.1 Å². The lowest BCUT2D eigenvalue weighted by molar-refractivity contribution is 0.125. The molecule has 1 aromatic carbocycles. The molecule has 1 heterocycles. The van der Waals surface area contributed by atoms with E-state index in [1.54, 1.807) is 0 Å². The highest BCUT2D eigenvalue weighted by molar-refractivity contribution is 14.0. The number of anilines is 1. The first-order chi connectivity index (χ1) is 12.0. The Morgan fingerprint density at radius 2 is 1.81 bits per heavy atom. The van der Waals surface area contributed by atoms with Crippen LogP contribution in [-0.4, -0.2) is 61.6 Å². The minimum absolute atomic E-state index is 0. The molecule has 3 N–H and O–H groups in total. The summed E-state index contributed by atoms with van der Waals surface area (Å²) in [6.07, 6.45) is 0. The van der Waals surface area contributed by atoms with Gasteiger partial charge in [0.2, 0.25) is 0 Å². The number of halogens is 1. The Bertz CT molecular complexity index is 553. The summed E-state index contributed by atoms with van der Waals surface area (Å²) in [7, 11) is 0. The molecule has 2 rings (SSSR count). The largest absolute Gasteiger partial charge is 0.370 e. The van der Waals surface area contributed by atoms with Crippen molar-refractivity contribution in [2.45, 2.75) is 33.6 Å². The first-order valence-corrected chi connectivity index (χ1v) is 9.59. The second-order valence-corrected chi connectivity index (χ2v) is 7.47. The first-order valence-electron chi connectivity index (χ1n) is 9.59. The maximum Gasteiger partial charge on any atom is 0.193 e. The lowest BCUT2D eigenvalue weighted by Crippen LogP contribution is -2.47. The summed E-state index contributed by atoms with van der Waals surface area (Å²) in [6, 6.07) is 8.38. The number of nitrogens with one attached hydrogen (secondary N) is 1. The van der Waals surface area contributed by atoms with E-state index >= 15 is 0 Å². The van der Waals surface area contributed by atoms with Gasteiger partial charge in [-0.3, -0.25) is 4.99 Å². The van der Waals surface area contributed by atoms with Crippen molar-refractivity contribution in [1.82, 2.24) is 9.80 Å². The normalized spacial score (nSPS) is 17.8. The quantitative estimate of drug-likeness (QED) is 0.362. The highest BCUT2D eigenvalue weighted by Crippen LogP contribution is 2.18. The summed E-state index contributed by atoms with van der Waals surface area (Å²) < 4.78 is 0. The van der Waals surface area contributed by atoms with Gasteiger partial charge in [0.1, 0.15) is 0 Å². The fourth-order valence-electron chi connectivity index (χ4n) is 3.20. The van der Waals surface area contributed by atoms with Crippen LogP contribution >= 0.6 is 24.0 Å². The summed E-state index contributed by atoms with van der Waals surface area (Å²) in [4.78, 5) is 9.59. The molecule has 1 aromatic rings. The van der Waals surface area contributed by atoms with Gasteiger partial charge in [0.15, 0.2) is 5.96 Å². The highest BCUT2D eigenvalue weighted by Gasteiger charge is 2.17. The van der Waals surface area contributed by atoms with Crippen molar-refractivity contribution in [3.63, 3.8) is 0 Å². The van der Waals surface area contributed by atoms with Gasteiger partial charge < -0.3 is 20.9 Å². The van der Waals surface area contributed by atoms with Gasteiger partial charge in [0.25, 0.3) is 0 Å². The molecule has 0 spiro atoms. The average molecular weight is 473 g/mol. The molecule has 1 aliphatic rings. The maximum atomic E-state index is 6.07. The van der Waals surface area contributed by atoms with E-state index in [1.807, 2.05) is 6.07 Å². The molecule has 5 nitrogen and oxygen atoms in total. The molecule has 1 fully saturated rings. The Balaban J connectivity index is 0.00000338. The van der Waals surface area contributed by atoms with Crippen LogP contribution in [0.15, 0.2) is 29.3 Å². The van der Waals surface area contributed by atoms with Gasteiger partial charge in [-0.1, -0.05) is 39.8 Å². The minimum atomic E-state index is 0. The molecule has 148 valence electrons. The number of hydrogen-bond donors (Lipinski definition) is 2. The van der Waals surface area contributed by atoms with Crippen LogP contribution in [-0.2, 0) is 0 Å². The number of nitrogens with two attached hydrogens (primary N) is 1. The van der Waals surface area contributed by atoms with E-state index in [2.05, 4.69) is 66.0 Å². The van der Waals surface area contributed by atoms with Gasteiger partial charge >= 0.3 is 0 Å². The molecule has 6 heteroatoms. The predicted molar refractivity (Wildman–Crippen MR) is 124 cm³/mol. The van der Waals surface area contributed by atoms with E-state index in [0.29, 0.717) is 17.8 Å². The molecule has 26 heavy (non-hydrogen) atoms. The maximum absolute atomic E-state index is 6.07. The van der Waals surface area contributed by atoms with E-state index in [0.717, 1.165) is 38.4 Å². The van der Waals surface area contributed by atoms with Gasteiger partial charge in [-0.2, -0.15) is 0 Å². The predicted octanol–water partition coefficient (Wildman–Crippen LogP) is 3.43. The van der Waals surface area contributed by atoms with Crippen LogP contribution in [0.2, 0.25) is 0 Å². The molecule has 0 bridgehead atoms. The zero-order chi connectivity index (χ0) is 18.2.